The van der Waals surface area contributed by atoms with Gasteiger partial charge < -0.3 is 24.8 Å². The number of benzene rings is 1. The number of morpholine rings is 1. The number of rotatable bonds is 8. The first kappa shape index (κ1) is 22.2. The number of nitrogens with zero attached hydrogens (tertiary/aromatic N) is 6. The molecule has 0 spiro atoms. The normalized spacial score (nSPS) is 17.5. The Morgan fingerprint density at radius 1 is 1.18 bits per heavy atom. The molecule has 1 fully saturated rings. The van der Waals surface area contributed by atoms with Gasteiger partial charge in [-0.25, -0.2) is 15.0 Å². The molecule has 11 heteroatoms. The van der Waals surface area contributed by atoms with Gasteiger partial charge in [-0.3, -0.25) is 14.7 Å². The van der Waals surface area contributed by atoms with E-state index < -0.39 is 5.91 Å². The van der Waals surface area contributed by atoms with Crippen LogP contribution in [0, 0.1) is 0 Å². The number of hydrogen-bond acceptors (Lipinski definition) is 10. The van der Waals surface area contributed by atoms with Crippen molar-refractivity contribution in [3.05, 3.63) is 41.5 Å². The summed E-state index contributed by atoms with van der Waals surface area (Å²) >= 11 is 0. The minimum Gasteiger partial charge on any atom is -0.491 e. The SMILES string of the molecule is COc1c(OCCCN2CCOCC2)ccc2c1N=C(c1nccc(C(N)=O)n1)N1CCN=C21. The second kappa shape index (κ2) is 9.74. The number of carbonyl (C=O) groups is 1. The molecule has 2 N–H and O–H groups in total. The van der Waals surface area contributed by atoms with E-state index in [1.807, 2.05) is 17.0 Å². The Balaban J connectivity index is 1.42. The zero-order valence-corrected chi connectivity index (χ0v) is 19.1. The van der Waals surface area contributed by atoms with E-state index in [4.69, 9.17) is 24.9 Å². The molecule has 0 aliphatic carbocycles. The van der Waals surface area contributed by atoms with Gasteiger partial charge in [0.1, 0.15) is 17.2 Å². The predicted octanol–water partition coefficient (Wildman–Crippen LogP) is 0.839. The monoisotopic (exact) mass is 465 g/mol. The fraction of sp³-hybridized carbons (Fsp3) is 0.435. The maximum atomic E-state index is 11.6. The molecule has 0 bridgehead atoms. The summed E-state index contributed by atoms with van der Waals surface area (Å²) < 4.78 is 17.2. The van der Waals surface area contributed by atoms with Gasteiger partial charge in [-0.15, -0.1) is 0 Å². The fourth-order valence-corrected chi connectivity index (χ4v) is 4.27. The maximum Gasteiger partial charge on any atom is 0.267 e. The van der Waals surface area contributed by atoms with Crippen LogP contribution in [-0.4, -0.2) is 97.0 Å². The molecule has 0 saturated carbocycles. The third-order valence-corrected chi connectivity index (χ3v) is 5.94. The summed E-state index contributed by atoms with van der Waals surface area (Å²) in [7, 11) is 1.60. The van der Waals surface area contributed by atoms with Crippen LogP contribution in [0.15, 0.2) is 34.4 Å². The van der Waals surface area contributed by atoms with E-state index in [2.05, 4.69) is 19.9 Å². The molecule has 0 unspecified atom stereocenters. The quantitative estimate of drug-likeness (QED) is 0.568. The standard InChI is InChI=1S/C23H27N7O4/c1-32-19-17(34-12-2-8-29-10-13-33-14-11-29)4-3-15-18(19)28-23(30-9-7-26-22(15)30)21-25-6-5-16(27-21)20(24)31/h3-6H,2,7-14H2,1H3,(H2,24,31). The van der Waals surface area contributed by atoms with E-state index in [1.165, 1.54) is 12.3 Å². The molecule has 1 aromatic carbocycles. The topological polar surface area (TPSA) is 128 Å². The molecular weight excluding hydrogens is 438 g/mol. The van der Waals surface area contributed by atoms with Crippen molar-refractivity contribution in [1.82, 2.24) is 19.8 Å². The number of ether oxygens (including phenoxy) is 3. The number of aromatic nitrogens is 2. The molecule has 1 saturated heterocycles. The van der Waals surface area contributed by atoms with E-state index in [0.717, 1.165) is 50.7 Å². The molecule has 0 radical (unpaired) electrons. The molecule has 1 aromatic heterocycles. The Hall–Kier alpha value is -3.57. The minimum absolute atomic E-state index is 0.125. The van der Waals surface area contributed by atoms with E-state index in [1.54, 1.807) is 7.11 Å². The molecule has 3 aliphatic rings. The lowest BCUT2D eigenvalue weighted by Gasteiger charge is -2.28. The van der Waals surface area contributed by atoms with Crippen molar-refractivity contribution >= 4 is 23.3 Å². The Bertz CT molecular complexity index is 1140. The highest BCUT2D eigenvalue weighted by atomic mass is 16.5. The van der Waals surface area contributed by atoms with E-state index >= 15 is 0 Å². The summed E-state index contributed by atoms with van der Waals surface area (Å²) in [5.41, 5.74) is 7.00. The number of amidine groups is 2. The summed E-state index contributed by atoms with van der Waals surface area (Å²) in [5.74, 6) is 2.09. The van der Waals surface area contributed by atoms with Crippen molar-refractivity contribution in [2.24, 2.45) is 15.7 Å². The maximum absolute atomic E-state index is 11.6. The summed E-state index contributed by atoms with van der Waals surface area (Å²) in [6, 6.07) is 5.33. The van der Waals surface area contributed by atoms with Gasteiger partial charge in [-0.1, -0.05) is 0 Å². The predicted molar refractivity (Wildman–Crippen MR) is 125 cm³/mol. The van der Waals surface area contributed by atoms with Crippen LogP contribution >= 0.6 is 0 Å². The number of amides is 1. The number of methoxy groups -OCH3 is 1. The number of primary amides is 1. The Morgan fingerprint density at radius 3 is 2.82 bits per heavy atom. The second-order valence-electron chi connectivity index (χ2n) is 8.07. The number of hydrogen-bond donors (Lipinski definition) is 1. The van der Waals surface area contributed by atoms with Crippen LogP contribution < -0.4 is 15.2 Å². The molecule has 1 amide bonds. The molecular formula is C23H27N7O4. The van der Waals surface area contributed by atoms with Crippen molar-refractivity contribution < 1.29 is 19.0 Å². The lowest BCUT2D eigenvalue weighted by molar-refractivity contribution is 0.0357. The highest BCUT2D eigenvalue weighted by Gasteiger charge is 2.34. The molecule has 4 heterocycles. The first-order valence-electron chi connectivity index (χ1n) is 11.3. The van der Waals surface area contributed by atoms with Crippen LogP contribution in [0.25, 0.3) is 0 Å². The van der Waals surface area contributed by atoms with Gasteiger partial charge in [0.25, 0.3) is 5.91 Å². The summed E-state index contributed by atoms with van der Waals surface area (Å²) in [6.45, 7) is 6.25. The molecule has 2 aromatic rings. The van der Waals surface area contributed by atoms with Crippen molar-refractivity contribution in [2.75, 3.05) is 59.7 Å². The zero-order valence-electron chi connectivity index (χ0n) is 19.1. The van der Waals surface area contributed by atoms with Gasteiger partial charge in [0.15, 0.2) is 23.2 Å². The van der Waals surface area contributed by atoms with E-state index in [9.17, 15) is 4.79 Å². The van der Waals surface area contributed by atoms with Crippen LogP contribution in [0.1, 0.15) is 28.3 Å². The largest absolute Gasteiger partial charge is 0.491 e. The number of nitrogens with two attached hydrogens (primary N) is 1. The Morgan fingerprint density at radius 2 is 2.03 bits per heavy atom. The molecule has 0 atom stereocenters. The number of fused-ring (bicyclic) bond motifs is 3. The van der Waals surface area contributed by atoms with Crippen molar-refractivity contribution in [3.8, 4) is 11.5 Å². The summed E-state index contributed by atoms with van der Waals surface area (Å²) in [4.78, 5) is 34.1. The fourth-order valence-electron chi connectivity index (χ4n) is 4.27. The van der Waals surface area contributed by atoms with Crippen molar-refractivity contribution in [3.63, 3.8) is 0 Å². The van der Waals surface area contributed by atoms with Crippen LogP contribution in [0.2, 0.25) is 0 Å². The highest BCUT2D eigenvalue weighted by molar-refractivity contribution is 6.20. The Labute approximate surface area is 197 Å². The summed E-state index contributed by atoms with van der Waals surface area (Å²) in [6.07, 6.45) is 2.39. The van der Waals surface area contributed by atoms with Gasteiger partial charge in [0.2, 0.25) is 0 Å². The lowest BCUT2D eigenvalue weighted by Crippen LogP contribution is -2.39. The minimum atomic E-state index is -0.624. The first-order chi connectivity index (χ1) is 16.7. The van der Waals surface area contributed by atoms with Gasteiger partial charge >= 0.3 is 0 Å². The van der Waals surface area contributed by atoms with Gasteiger partial charge in [0, 0.05) is 37.9 Å². The smallest absolute Gasteiger partial charge is 0.267 e. The molecule has 3 aliphatic heterocycles. The van der Waals surface area contributed by atoms with E-state index in [0.29, 0.717) is 48.5 Å². The van der Waals surface area contributed by atoms with Crippen molar-refractivity contribution in [2.45, 2.75) is 6.42 Å². The molecule has 34 heavy (non-hydrogen) atoms. The van der Waals surface area contributed by atoms with Crippen LogP contribution in [-0.2, 0) is 4.74 Å². The van der Waals surface area contributed by atoms with E-state index in [-0.39, 0.29) is 5.69 Å². The average molecular weight is 466 g/mol. The second-order valence-corrected chi connectivity index (χ2v) is 8.07. The van der Waals surface area contributed by atoms with Gasteiger partial charge in [-0.05, 0) is 24.6 Å². The van der Waals surface area contributed by atoms with Crippen molar-refractivity contribution in [1.29, 1.82) is 0 Å². The third kappa shape index (κ3) is 4.31. The molecule has 11 nitrogen and oxygen atoms in total. The zero-order chi connectivity index (χ0) is 23.5. The van der Waals surface area contributed by atoms with Crippen LogP contribution in [0.5, 0.6) is 11.5 Å². The molecule has 5 rings (SSSR count). The Kier molecular flexibility index (Phi) is 6.37. The number of carbonyl (C=O) groups excluding carboxylic acids is 1. The van der Waals surface area contributed by atoms with Crippen LogP contribution in [0.4, 0.5) is 5.69 Å². The first-order valence-corrected chi connectivity index (χ1v) is 11.3. The highest BCUT2D eigenvalue weighted by Crippen LogP contribution is 2.43. The van der Waals surface area contributed by atoms with Crippen LogP contribution in [0.3, 0.4) is 0 Å². The van der Waals surface area contributed by atoms with Gasteiger partial charge in [-0.2, -0.15) is 0 Å². The third-order valence-electron chi connectivity index (χ3n) is 5.94. The average Bonchev–Trinajstić information content (AvgIpc) is 3.36. The summed E-state index contributed by atoms with van der Waals surface area (Å²) in [5, 5.41) is 0. The molecule has 178 valence electrons. The van der Waals surface area contributed by atoms with Gasteiger partial charge in [0.05, 0.1) is 33.5 Å². The number of aliphatic imine (C=N–C) groups is 2. The lowest BCUT2D eigenvalue weighted by atomic mass is 10.1.